The molecule has 0 saturated carbocycles. The zero-order chi connectivity index (χ0) is 11.0. The van der Waals surface area contributed by atoms with Crippen molar-refractivity contribution in [3.8, 4) is 0 Å². The summed E-state index contributed by atoms with van der Waals surface area (Å²) in [6.45, 7) is 2.17. The maximum Gasteiger partial charge on any atom is 0.181 e. The van der Waals surface area contributed by atoms with Crippen molar-refractivity contribution in [2.24, 2.45) is 0 Å². The fraction of sp³-hybridized carbons (Fsp3) is 0.417. The van der Waals surface area contributed by atoms with Crippen molar-refractivity contribution in [2.45, 2.75) is 12.5 Å². The number of rotatable bonds is 2. The second kappa shape index (κ2) is 3.79. The van der Waals surface area contributed by atoms with Crippen LogP contribution in [-0.2, 0) is 0 Å². The first-order chi connectivity index (χ1) is 7.84. The van der Waals surface area contributed by atoms with E-state index in [2.05, 4.69) is 34.4 Å². The molecule has 1 aromatic carbocycles. The Kier molecular flexibility index (Phi) is 2.29. The van der Waals surface area contributed by atoms with E-state index in [1.807, 2.05) is 6.07 Å². The number of benzene rings is 1. The van der Waals surface area contributed by atoms with Gasteiger partial charge in [-0.2, -0.15) is 0 Å². The van der Waals surface area contributed by atoms with E-state index >= 15 is 0 Å². The molecule has 1 aromatic heterocycles. The van der Waals surface area contributed by atoms with Crippen LogP contribution in [0.4, 0.5) is 5.69 Å². The van der Waals surface area contributed by atoms with Gasteiger partial charge >= 0.3 is 0 Å². The van der Waals surface area contributed by atoms with Crippen LogP contribution in [0.15, 0.2) is 29.0 Å². The summed E-state index contributed by atoms with van der Waals surface area (Å²) >= 11 is 0. The number of fused-ring (bicyclic) bond motifs is 1. The zero-order valence-electron chi connectivity index (χ0n) is 9.31. The second-order valence-corrected chi connectivity index (χ2v) is 4.26. The van der Waals surface area contributed by atoms with Crippen LogP contribution < -0.4 is 10.2 Å². The third kappa shape index (κ3) is 1.55. The Labute approximate surface area is 94.3 Å². The van der Waals surface area contributed by atoms with E-state index in [4.69, 9.17) is 4.42 Å². The van der Waals surface area contributed by atoms with Crippen molar-refractivity contribution in [3.05, 3.63) is 24.6 Å². The van der Waals surface area contributed by atoms with Crippen LogP contribution in [0.2, 0.25) is 0 Å². The Morgan fingerprint density at radius 3 is 3.25 bits per heavy atom. The zero-order valence-corrected chi connectivity index (χ0v) is 9.31. The van der Waals surface area contributed by atoms with Gasteiger partial charge in [0.1, 0.15) is 5.52 Å². The van der Waals surface area contributed by atoms with Crippen molar-refractivity contribution in [2.75, 3.05) is 25.0 Å². The first-order valence-corrected chi connectivity index (χ1v) is 5.61. The third-order valence-electron chi connectivity index (χ3n) is 3.30. The van der Waals surface area contributed by atoms with Crippen LogP contribution >= 0.6 is 0 Å². The summed E-state index contributed by atoms with van der Waals surface area (Å²) in [6.07, 6.45) is 2.69. The standard InChI is InChI=1S/C12H15N3O/c1-15(10-4-5-13-7-10)9-2-3-11-12(6-9)16-8-14-11/h2-3,6,8,10,13H,4-5,7H2,1H3. The van der Waals surface area contributed by atoms with Gasteiger partial charge in [-0.15, -0.1) is 0 Å². The van der Waals surface area contributed by atoms with Crippen LogP contribution in [0.3, 0.4) is 0 Å². The Morgan fingerprint density at radius 2 is 2.44 bits per heavy atom. The van der Waals surface area contributed by atoms with Gasteiger partial charge in [0, 0.05) is 31.4 Å². The first-order valence-electron chi connectivity index (χ1n) is 5.61. The highest BCUT2D eigenvalue weighted by Gasteiger charge is 2.19. The number of hydrogen-bond acceptors (Lipinski definition) is 4. The number of nitrogens with one attached hydrogen (secondary N) is 1. The van der Waals surface area contributed by atoms with Crippen LogP contribution in [0.5, 0.6) is 0 Å². The van der Waals surface area contributed by atoms with Crippen LogP contribution in [0.25, 0.3) is 11.1 Å². The van der Waals surface area contributed by atoms with E-state index in [1.165, 1.54) is 18.5 Å². The first kappa shape index (κ1) is 9.66. The maximum absolute atomic E-state index is 5.32. The molecule has 2 aromatic rings. The van der Waals surface area contributed by atoms with Gasteiger partial charge in [0.15, 0.2) is 12.0 Å². The molecule has 0 bridgehead atoms. The molecule has 0 radical (unpaired) electrons. The molecule has 0 amide bonds. The lowest BCUT2D eigenvalue weighted by molar-refractivity contribution is 0.601. The van der Waals surface area contributed by atoms with Crippen LogP contribution in [-0.4, -0.2) is 31.2 Å². The number of likely N-dealkylation sites (N-methyl/N-ethyl adjacent to an activating group) is 1. The number of nitrogens with zero attached hydrogens (tertiary/aromatic N) is 2. The van der Waals surface area contributed by atoms with E-state index in [0.717, 1.165) is 24.2 Å². The summed E-state index contributed by atoms with van der Waals surface area (Å²) in [6, 6.07) is 6.75. The molecule has 3 rings (SSSR count). The van der Waals surface area contributed by atoms with Crippen molar-refractivity contribution in [1.82, 2.24) is 10.3 Å². The van der Waals surface area contributed by atoms with Gasteiger partial charge in [-0.3, -0.25) is 0 Å². The smallest absolute Gasteiger partial charge is 0.181 e. The van der Waals surface area contributed by atoms with Crippen LogP contribution in [0, 0.1) is 0 Å². The van der Waals surface area contributed by atoms with Crippen LogP contribution in [0.1, 0.15) is 6.42 Å². The molecule has 1 aliphatic rings. The highest BCUT2D eigenvalue weighted by molar-refractivity contribution is 5.77. The van der Waals surface area contributed by atoms with E-state index in [-0.39, 0.29) is 0 Å². The highest BCUT2D eigenvalue weighted by Crippen LogP contribution is 2.23. The van der Waals surface area contributed by atoms with Gasteiger partial charge in [-0.1, -0.05) is 0 Å². The molecule has 1 saturated heterocycles. The minimum atomic E-state index is 0.584. The predicted molar refractivity (Wildman–Crippen MR) is 63.7 cm³/mol. The molecule has 84 valence electrons. The van der Waals surface area contributed by atoms with Crippen molar-refractivity contribution >= 4 is 16.8 Å². The lowest BCUT2D eigenvalue weighted by Crippen LogP contribution is -2.33. The minimum Gasteiger partial charge on any atom is -0.443 e. The quantitative estimate of drug-likeness (QED) is 0.830. The summed E-state index contributed by atoms with van der Waals surface area (Å²) in [5.74, 6) is 0. The normalized spacial score (nSPS) is 20.4. The number of hydrogen-bond donors (Lipinski definition) is 1. The summed E-state index contributed by atoms with van der Waals surface area (Å²) in [7, 11) is 2.13. The maximum atomic E-state index is 5.32. The van der Waals surface area contributed by atoms with E-state index in [0.29, 0.717) is 6.04 Å². The average molecular weight is 217 g/mol. The molecule has 1 atom stereocenters. The molecule has 4 nitrogen and oxygen atoms in total. The van der Waals surface area contributed by atoms with Gasteiger partial charge < -0.3 is 14.6 Å². The Bertz CT molecular complexity index is 488. The Morgan fingerprint density at radius 1 is 1.50 bits per heavy atom. The summed E-state index contributed by atoms with van der Waals surface area (Å²) in [5.41, 5.74) is 2.97. The average Bonchev–Trinajstić information content (AvgIpc) is 2.98. The molecule has 0 spiro atoms. The molecular weight excluding hydrogens is 202 g/mol. The Balaban J connectivity index is 1.91. The van der Waals surface area contributed by atoms with Crippen molar-refractivity contribution in [3.63, 3.8) is 0 Å². The van der Waals surface area contributed by atoms with Gasteiger partial charge in [0.05, 0.1) is 0 Å². The number of anilines is 1. The fourth-order valence-corrected chi connectivity index (χ4v) is 2.24. The lowest BCUT2D eigenvalue weighted by atomic mass is 10.2. The fourth-order valence-electron chi connectivity index (χ4n) is 2.24. The molecule has 1 fully saturated rings. The Hall–Kier alpha value is -1.55. The molecule has 1 N–H and O–H groups in total. The lowest BCUT2D eigenvalue weighted by Gasteiger charge is -2.25. The SMILES string of the molecule is CN(c1ccc2ncoc2c1)C1CCNC1. The molecule has 1 unspecified atom stereocenters. The van der Waals surface area contributed by atoms with E-state index in [1.54, 1.807) is 0 Å². The topological polar surface area (TPSA) is 41.3 Å². The largest absolute Gasteiger partial charge is 0.443 e. The van der Waals surface area contributed by atoms with Gasteiger partial charge in [-0.05, 0) is 25.1 Å². The number of oxazole rings is 1. The molecular formula is C12H15N3O. The highest BCUT2D eigenvalue weighted by atomic mass is 16.3. The monoisotopic (exact) mass is 217 g/mol. The predicted octanol–water partition coefficient (Wildman–Crippen LogP) is 1.63. The number of aromatic nitrogens is 1. The minimum absolute atomic E-state index is 0.584. The molecule has 1 aliphatic heterocycles. The molecule has 2 heterocycles. The molecule has 16 heavy (non-hydrogen) atoms. The van der Waals surface area contributed by atoms with Crippen molar-refractivity contribution in [1.29, 1.82) is 0 Å². The van der Waals surface area contributed by atoms with Gasteiger partial charge in [0.25, 0.3) is 0 Å². The van der Waals surface area contributed by atoms with E-state index < -0.39 is 0 Å². The van der Waals surface area contributed by atoms with Gasteiger partial charge in [-0.25, -0.2) is 4.98 Å². The third-order valence-corrected chi connectivity index (χ3v) is 3.30. The van der Waals surface area contributed by atoms with Gasteiger partial charge in [0.2, 0.25) is 0 Å². The summed E-state index contributed by atoms with van der Waals surface area (Å²) in [4.78, 5) is 6.43. The second-order valence-electron chi connectivity index (χ2n) is 4.26. The van der Waals surface area contributed by atoms with E-state index in [9.17, 15) is 0 Å². The molecule has 0 aliphatic carbocycles. The summed E-state index contributed by atoms with van der Waals surface area (Å²) < 4.78 is 5.32. The molecule has 4 heteroatoms. The van der Waals surface area contributed by atoms with Crippen molar-refractivity contribution < 1.29 is 4.42 Å². The summed E-state index contributed by atoms with van der Waals surface area (Å²) in [5, 5.41) is 3.38.